The first kappa shape index (κ1) is 14.3. The second kappa shape index (κ2) is 6.39. The molecular weight excluding hydrogens is 274 g/mol. The van der Waals surface area contributed by atoms with Gasteiger partial charge < -0.3 is 10.6 Å². The Bertz CT molecular complexity index is 614. The summed E-state index contributed by atoms with van der Waals surface area (Å²) in [4.78, 5) is 16.2. The predicted molar refractivity (Wildman–Crippen MR) is 82.4 cm³/mol. The average Bonchev–Trinajstić information content (AvgIpc) is 2.41. The first-order chi connectivity index (χ1) is 9.56. The van der Waals surface area contributed by atoms with Crippen LogP contribution in [0.3, 0.4) is 0 Å². The van der Waals surface area contributed by atoms with Crippen LogP contribution in [-0.2, 0) is 0 Å². The van der Waals surface area contributed by atoms with Crippen LogP contribution in [0.25, 0.3) is 0 Å². The number of nitrogens with zero attached hydrogens (tertiary/aromatic N) is 1. The van der Waals surface area contributed by atoms with Gasteiger partial charge in [-0.15, -0.1) is 0 Å². The maximum atomic E-state index is 12.1. The molecule has 0 fully saturated rings. The second-order valence-electron chi connectivity index (χ2n) is 4.66. The van der Waals surface area contributed by atoms with Crippen molar-refractivity contribution in [3.05, 3.63) is 53.3 Å². The quantitative estimate of drug-likeness (QED) is 0.900. The molecule has 0 aliphatic heterocycles. The standard InChI is InChI=1S/C15H16ClN3O/c1-10(2)18-11-7-8-17-14(9-11)15(20)19-13-6-4-3-5-12(13)16/h3-10H,1-2H3,(H,17,18)(H,19,20). The van der Waals surface area contributed by atoms with Crippen LogP contribution in [0.1, 0.15) is 24.3 Å². The normalized spacial score (nSPS) is 10.4. The van der Waals surface area contributed by atoms with Crippen LogP contribution >= 0.6 is 11.6 Å². The van der Waals surface area contributed by atoms with Crippen molar-refractivity contribution in [3.63, 3.8) is 0 Å². The third-order valence-corrected chi connectivity index (χ3v) is 2.90. The van der Waals surface area contributed by atoms with E-state index in [2.05, 4.69) is 15.6 Å². The Morgan fingerprint density at radius 3 is 2.70 bits per heavy atom. The number of pyridine rings is 1. The van der Waals surface area contributed by atoms with E-state index in [0.29, 0.717) is 16.4 Å². The van der Waals surface area contributed by atoms with Gasteiger partial charge in [0.25, 0.3) is 5.91 Å². The molecule has 2 N–H and O–H groups in total. The number of anilines is 2. The molecule has 0 radical (unpaired) electrons. The second-order valence-corrected chi connectivity index (χ2v) is 5.07. The predicted octanol–water partition coefficient (Wildman–Crippen LogP) is 3.81. The summed E-state index contributed by atoms with van der Waals surface area (Å²) in [6.45, 7) is 4.06. The molecule has 5 heteroatoms. The van der Waals surface area contributed by atoms with Crippen LogP contribution in [0.15, 0.2) is 42.6 Å². The number of benzene rings is 1. The van der Waals surface area contributed by atoms with Crippen LogP contribution in [0.2, 0.25) is 5.02 Å². The van der Waals surface area contributed by atoms with Crippen molar-refractivity contribution in [1.29, 1.82) is 0 Å². The van der Waals surface area contributed by atoms with Crippen LogP contribution in [0.5, 0.6) is 0 Å². The van der Waals surface area contributed by atoms with E-state index in [4.69, 9.17) is 11.6 Å². The molecule has 0 saturated carbocycles. The number of carbonyl (C=O) groups is 1. The van der Waals surface area contributed by atoms with E-state index < -0.39 is 0 Å². The van der Waals surface area contributed by atoms with Gasteiger partial charge in [0.05, 0.1) is 10.7 Å². The molecule has 0 spiro atoms. The molecule has 2 aromatic rings. The van der Waals surface area contributed by atoms with Crippen molar-refractivity contribution in [2.75, 3.05) is 10.6 Å². The maximum absolute atomic E-state index is 12.1. The van der Waals surface area contributed by atoms with Gasteiger partial charge in [-0.1, -0.05) is 23.7 Å². The fourth-order valence-corrected chi connectivity index (χ4v) is 1.91. The Kier molecular flexibility index (Phi) is 4.58. The minimum atomic E-state index is -0.287. The minimum absolute atomic E-state index is 0.287. The smallest absolute Gasteiger partial charge is 0.274 e. The molecule has 4 nitrogen and oxygen atoms in total. The molecule has 1 aromatic carbocycles. The molecule has 104 valence electrons. The Labute approximate surface area is 123 Å². The molecule has 1 aromatic heterocycles. The molecule has 0 aliphatic carbocycles. The zero-order chi connectivity index (χ0) is 14.5. The number of hydrogen-bond acceptors (Lipinski definition) is 3. The van der Waals surface area contributed by atoms with Crippen LogP contribution in [0.4, 0.5) is 11.4 Å². The van der Waals surface area contributed by atoms with Crippen LogP contribution in [0, 0.1) is 0 Å². The monoisotopic (exact) mass is 289 g/mol. The molecular formula is C15H16ClN3O. The largest absolute Gasteiger partial charge is 0.383 e. The van der Waals surface area contributed by atoms with Crippen molar-refractivity contribution < 1.29 is 4.79 Å². The van der Waals surface area contributed by atoms with Crippen LogP contribution < -0.4 is 10.6 Å². The molecule has 1 heterocycles. The Hall–Kier alpha value is -2.07. The zero-order valence-electron chi connectivity index (χ0n) is 11.4. The number of amides is 1. The van der Waals surface area contributed by atoms with Crippen molar-refractivity contribution >= 4 is 28.9 Å². The van der Waals surface area contributed by atoms with Crippen molar-refractivity contribution in [2.45, 2.75) is 19.9 Å². The summed E-state index contributed by atoms with van der Waals surface area (Å²) in [5, 5.41) is 6.47. The van der Waals surface area contributed by atoms with E-state index in [-0.39, 0.29) is 11.9 Å². The van der Waals surface area contributed by atoms with Gasteiger partial charge in [0, 0.05) is 17.9 Å². The number of aromatic nitrogens is 1. The maximum Gasteiger partial charge on any atom is 0.274 e. The molecule has 1 amide bonds. The van der Waals surface area contributed by atoms with Gasteiger partial charge >= 0.3 is 0 Å². The van der Waals surface area contributed by atoms with E-state index >= 15 is 0 Å². The number of hydrogen-bond donors (Lipinski definition) is 2. The third-order valence-electron chi connectivity index (χ3n) is 2.57. The lowest BCUT2D eigenvalue weighted by atomic mass is 10.2. The average molecular weight is 290 g/mol. The highest BCUT2D eigenvalue weighted by molar-refractivity contribution is 6.33. The summed E-state index contributed by atoms with van der Waals surface area (Å²) in [6, 6.07) is 10.9. The summed E-state index contributed by atoms with van der Waals surface area (Å²) in [5.41, 5.74) is 1.78. The lowest BCUT2D eigenvalue weighted by Crippen LogP contribution is -2.15. The highest BCUT2D eigenvalue weighted by Gasteiger charge is 2.10. The number of rotatable bonds is 4. The van der Waals surface area contributed by atoms with E-state index in [9.17, 15) is 4.79 Å². The number of halogens is 1. The van der Waals surface area contributed by atoms with Gasteiger partial charge in [0.15, 0.2) is 0 Å². The summed E-state index contributed by atoms with van der Waals surface area (Å²) in [7, 11) is 0. The Morgan fingerprint density at radius 2 is 2.00 bits per heavy atom. The van der Waals surface area contributed by atoms with Gasteiger partial charge in [0.1, 0.15) is 5.69 Å². The molecule has 0 bridgehead atoms. The van der Waals surface area contributed by atoms with Gasteiger partial charge in [-0.2, -0.15) is 0 Å². The van der Waals surface area contributed by atoms with E-state index in [1.807, 2.05) is 32.0 Å². The van der Waals surface area contributed by atoms with Crippen molar-refractivity contribution in [3.8, 4) is 0 Å². The van der Waals surface area contributed by atoms with Gasteiger partial charge in [-0.25, -0.2) is 0 Å². The molecule has 0 atom stereocenters. The van der Waals surface area contributed by atoms with E-state index in [1.54, 1.807) is 24.4 Å². The minimum Gasteiger partial charge on any atom is -0.383 e. The Morgan fingerprint density at radius 1 is 1.25 bits per heavy atom. The fraction of sp³-hybridized carbons (Fsp3) is 0.200. The summed E-state index contributed by atoms with van der Waals surface area (Å²) >= 11 is 6.01. The Balaban J connectivity index is 2.15. The summed E-state index contributed by atoms with van der Waals surface area (Å²) in [5.74, 6) is -0.287. The first-order valence-electron chi connectivity index (χ1n) is 6.34. The van der Waals surface area contributed by atoms with E-state index in [1.165, 1.54) is 0 Å². The molecule has 20 heavy (non-hydrogen) atoms. The lowest BCUT2D eigenvalue weighted by Gasteiger charge is -2.11. The van der Waals surface area contributed by atoms with Crippen molar-refractivity contribution in [2.24, 2.45) is 0 Å². The van der Waals surface area contributed by atoms with Gasteiger partial charge in [-0.3, -0.25) is 9.78 Å². The highest BCUT2D eigenvalue weighted by Crippen LogP contribution is 2.21. The topological polar surface area (TPSA) is 54.0 Å². The summed E-state index contributed by atoms with van der Waals surface area (Å²) in [6.07, 6.45) is 1.60. The summed E-state index contributed by atoms with van der Waals surface area (Å²) < 4.78 is 0. The third kappa shape index (κ3) is 3.71. The van der Waals surface area contributed by atoms with E-state index in [0.717, 1.165) is 5.69 Å². The molecule has 2 rings (SSSR count). The zero-order valence-corrected chi connectivity index (χ0v) is 12.1. The van der Waals surface area contributed by atoms with Crippen molar-refractivity contribution in [1.82, 2.24) is 4.98 Å². The van der Waals surface area contributed by atoms with Gasteiger partial charge in [0.2, 0.25) is 0 Å². The number of nitrogens with one attached hydrogen (secondary N) is 2. The molecule has 0 aliphatic rings. The number of carbonyl (C=O) groups excluding carboxylic acids is 1. The van der Waals surface area contributed by atoms with Gasteiger partial charge in [-0.05, 0) is 38.1 Å². The lowest BCUT2D eigenvalue weighted by molar-refractivity contribution is 0.102. The SMILES string of the molecule is CC(C)Nc1ccnc(C(=O)Nc2ccccc2Cl)c1. The fourth-order valence-electron chi connectivity index (χ4n) is 1.73. The first-order valence-corrected chi connectivity index (χ1v) is 6.72. The number of para-hydroxylation sites is 1. The molecule has 0 saturated heterocycles. The highest BCUT2D eigenvalue weighted by atomic mass is 35.5. The molecule has 0 unspecified atom stereocenters. The van der Waals surface area contributed by atoms with Crippen LogP contribution in [-0.4, -0.2) is 16.9 Å².